The first-order valence-corrected chi connectivity index (χ1v) is 4.34. The zero-order chi connectivity index (χ0) is 9.14. The minimum Gasteiger partial charge on any atom is -0.392 e. The van der Waals surface area contributed by atoms with Gasteiger partial charge in [0.25, 0.3) is 0 Å². The molecule has 1 N–H and O–H groups in total. The van der Waals surface area contributed by atoms with E-state index in [1.54, 1.807) is 6.07 Å². The van der Waals surface area contributed by atoms with E-state index in [4.69, 9.17) is 5.11 Å². The number of halogens is 1. The lowest BCUT2D eigenvalue weighted by Crippen LogP contribution is -1.93. The van der Waals surface area contributed by atoms with Crippen LogP contribution in [-0.4, -0.2) is 11.4 Å². The maximum Gasteiger partial charge on any atom is 0.151 e. The molecular formula is C9H9BrO2. The average molecular weight is 229 g/mol. The number of rotatable bonds is 2. The van der Waals surface area contributed by atoms with Crippen LogP contribution in [-0.2, 0) is 6.61 Å². The second kappa shape index (κ2) is 3.83. The van der Waals surface area contributed by atoms with Gasteiger partial charge in [-0.1, -0.05) is 12.1 Å². The first-order chi connectivity index (χ1) is 5.70. The van der Waals surface area contributed by atoms with Gasteiger partial charge in [0.1, 0.15) is 0 Å². The number of aryl methyl sites for hydroxylation is 1. The molecule has 0 spiro atoms. The minimum atomic E-state index is -0.0539. The Balaban J connectivity index is 3.33. The van der Waals surface area contributed by atoms with Crippen LogP contribution in [0.4, 0.5) is 0 Å². The van der Waals surface area contributed by atoms with Crippen LogP contribution < -0.4 is 0 Å². The van der Waals surface area contributed by atoms with Crippen LogP contribution in [0.5, 0.6) is 0 Å². The summed E-state index contributed by atoms with van der Waals surface area (Å²) in [7, 11) is 0. The number of hydrogen-bond acceptors (Lipinski definition) is 2. The summed E-state index contributed by atoms with van der Waals surface area (Å²) in [5, 5.41) is 8.88. The molecule has 0 aliphatic rings. The summed E-state index contributed by atoms with van der Waals surface area (Å²) in [6.07, 6.45) is 0.790. The lowest BCUT2D eigenvalue weighted by atomic mass is 10.1. The molecule has 1 aromatic rings. The number of aliphatic hydroxyl groups excluding tert-OH is 1. The molecule has 0 amide bonds. The topological polar surface area (TPSA) is 37.3 Å². The molecule has 0 aromatic heterocycles. The molecular weight excluding hydrogens is 220 g/mol. The Kier molecular flexibility index (Phi) is 3.00. The molecule has 0 aliphatic heterocycles. The van der Waals surface area contributed by atoms with Gasteiger partial charge in [0.05, 0.1) is 6.61 Å². The molecule has 1 aromatic carbocycles. The molecule has 1 rings (SSSR count). The van der Waals surface area contributed by atoms with Crippen molar-refractivity contribution in [2.45, 2.75) is 13.5 Å². The predicted molar refractivity (Wildman–Crippen MR) is 50.2 cm³/mol. The van der Waals surface area contributed by atoms with Crippen LogP contribution in [0.25, 0.3) is 0 Å². The molecule has 0 saturated carbocycles. The molecule has 0 saturated heterocycles. The maximum atomic E-state index is 10.6. The molecule has 0 radical (unpaired) electrons. The van der Waals surface area contributed by atoms with Gasteiger partial charge in [-0.3, -0.25) is 4.79 Å². The van der Waals surface area contributed by atoms with Crippen LogP contribution in [0.1, 0.15) is 21.5 Å². The van der Waals surface area contributed by atoms with Gasteiger partial charge >= 0.3 is 0 Å². The second-order valence-electron chi connectivity index (χ2n) is 2.55. The summed E-state index contributed by atoms with van der Waals surface area (Å²) in [4.78, 5) is 10.6. The van der Waals surface area contributed by atoms with Gasteiger partial charge in [-0.15, -0.1) is 0 Å². The summed E-state index contributed by atoms with van der Waals surface area (Å²) >= 11 is 3.26. The Bertz CT molecular complexity index is 308. The van der Waals surface area contributed by atoms with E-state index in [9.17, 15) is 4.79 Å². The average Bonchev–Trinajstić information content (AvgIpc) is 2.06. The number of benzene rings is 1. The van der Waals surface area contributed by atoms with E-state index in [-0.39, 0.29) is 6.61 Å². The largest absolute Gasteiger partial charge is 0.392 e. The van der Waals surface area contributed by atoms with Gasteiger partial charge in [0.2, 0.25) is 0 Å². The molecule has 0 aliphatic carbocycles. The monoisotopic (exact) mass is 228 g/mol. The van der Waals surface area contributed by atoms with Gasteiger partial charge < -0.3 is 5.11 Å². The number of aldehydes is 1. The van der Waals surface area contributed by atoms with Crippen molar-refractivity contribution in [3.05, 3.63) is 33.3 Å². The first kappa shape index (κ1) is 9.42. The number of carbonyl (C=O) groups is 1. The van der Waals surface area contributed by atoms with Crippen molar-refractivity contribution in [1.82, 2.24) is 0 Å². The fourth-order valence-electron chi connectivity index (χ4n) is 1.00. The van der Waals surface area contributed by atoms with Gasteiger partial charge in [0, 0.05) is 10.0 Å². The van der Waals surface area contributed by atoms with Gasteiger partial charge in [-0.25, -0.2) is 0 Å². The molecule has 3 heteroatoms. The molecule has 0 bridgehead atoms. The van der Waals surface area contributed by atoms with E-state index in [1.807, 2.05) is 13.0 Å². The van der Waals surface area contributed by atoms with Crippen molar-refractivity contribution >= 4 is 22.2 Å². The second-order valence-corrected chi connectivity index (χ2v) is 3.34. The highest BCUT2D eigenvalue weighted by Gasteiger charge is 2.06. The smallest absolute Gasteiger partial charge is 0.151 e. The predicted octanol–water partition coefficient (Wildman–Crippen LogP) is 2.06. The summed E-state index contributed by atoms with van der Waals surface area (Å²) in [5.41, 5.74) is 2.26. The van der Waals surface area contributed by atoms with Crippen LogP contribution in [0, 0.1) is 6.92 Å². The highest BCUT2D eigenvalue weighted by molar-refractivity contribution is 9.10. The number of hydrogen-bond donors (Lipinski definition) is 1. The molecule has 0 heterocycles. The Morgan fingerprint density at radius 3 is 2.75 bits per heavy atom. The zero-order valence-corrected chi connectivity index (χ0v) is 8.26. The molecule has 12 heavy (non-hydrogen) atoms. The van der Waals surface area contributed by atoms with Crippen molar-refractivity contribution in [2.75, 3.05) is 0 Å². The van der Waals surface area contributed by atoms with E-state index >= 15 is 0 Å². The first-order valence-electron chi connectivity index (χ1n) is 3.54. The Morgan fingerprint density at radius 2 is 2.25 bits per heavy atom. The lowest BCUT2D eigenvalue weighted by Gasteiger charge is -2.05. The maximum absolute atomic E-state index is 10.6. The molecule has 0 unspecified atom stereocenters. The Labute approximate surface area is 79.3 Å². The summed E-state index contributed by atoms with van der Waals surface area (Å²) in [6, 6.07) is 3.62. The quantitative estimate of drug-likeness (QED) is 0.788. The van der Waals surface area contributed by atoms with E-state index in [1.165, 1.54) is 0 Å². The van der Waals surface area contributed by atoms with Crippen LogP contribution >= 0.6 is 15.9 Å². The van der Waals surface area contributed by atoms with Crippen LogP contribution in [0.3, 0.4) is 0 Å². The number of carbonyl (C=O) groups excluding carboxylic acids is 1. The van der Waals surface area contributed by atoms with Gasteiger partial charge in [-0.2, -0.15) is 0 Å². The van der Waals surface area contributed by atoms with Crippen molar-refractivity contribution in [2.24, 2.45) is 0 Å². The zero-order valence-electron chi connectivity index (χ0n) is 6.67. The fourth-order valence-corrected chi connectivity index (χ4v) is 1.67. The van der Waals surface area contributed by atoms with E-state index in [2.05, 4.69) is 15.9 Å². The summed E-state index contributed by atoms with van der Waals surface area (Å²) < 4.78 is 0.694. The summed E-state index contributed by atoms with van der Waals surface area (Å²) in [5.74, 6) is 0. The van der Waals surface area contributed by atoms with Crippen molar-refractivity contribution < 1.29 is 9.90 Å². The molecule has 0 fully saturated rings. The highest BCUT2D eigenvalue weighted by Crippen LogP contribution is 2.23. The summed E-state index contributed by atoms with van der Waals surface area (Å²) in [6.45, 7) is 1.80. The van der Waals surface area contributed by atoms with Gasteiger partial charge in [0.15, 0.2) is 6.29 Å². The minimum absolute atomic E-state index is 0.0539. The SMILES string of the molecule is Cc1ccc(CO)c(Br)c1C=O. The van der Waals surface area contributed by atoms with E-state index in [0.29, 0.717) is 10.0 Å². The fraction of sp³-hybridized carbons (Fsp3) is 0.222. The lowest BCUT2D eigenvalue weighted by molar-refractivity contribution is 0.112. The van der Waals surface area contributed by atoms with Crippen LogP contribution in [0.15, 0.2) is 16.6 Å². The Hall–Kier alpha value is -0.670. The third kappa shape index (κ3) is 1.57. The van der Waals surface area contributed by atoms with E-state index in [0.717, 1.165) is 17.4 Å². The standard InChI is InChI=1S/C9H9BrO2/c1-6-2-3-7(4-11)9(10)8(6)5-12/h2-3,5,11H,4H2,1H3. The Morgan fingerprint density at radius 1 is 1.58 bits per heavy atom. The molecule has 2 nitrogen and oxygen atoms in total. The molecule has 0 atom stereocenters. The number of aliphatic hydroxyl groups is 1. The normalized spacial score (nSPS) is 9.92. The highest BCUT2D eigenvalue weighted by atomic mass is 79.9. The van der Waals surface area contributed by atoms with Crippen molar-refractivity contribution in [1.29, 1.82) is 0 Å². The third-order valence-electron chi connectivity index (χ3n) is 1.77. The van der Waals surface area contributed by atoms with Crippen molar-refractivity contribution in [3.63, 3.8) is 0 Å². The van der Waals surface area contributed by atoms with Gasteiger partial charge in [-0.05, 0) is 34.0 Å². The molecule has 64 valence electrons. The van der Waals surface area contributed by atoms with Crippen molar-refractivity contribution in [3.8, 4) is 0 Å². The van der Waals surface area contributed by atoms with Crippen LogP contribution in [0.2, 0.25) is 0 Å². The van der Waals surface area contributed by atoms with E-state index < -0.39 is 0 Å². The third-order valence-corrected chi connectivity index (χ3v) is 2.70.